The SMILES string of the molecule is Cc1ccc(CN(C(=O)Cn2cc(CC3NC(=O)NC3=O)nn2)C2CC2)cc1C. The Kier molecular flexibility index (Phi) is 5.04. The van der Waals surface area contributed by atoms with Gasteiger partial charge in [0.1, 0.15) is 12.6 Å². The number of urea groups is 1. The van der Waals surface area contributed by atoms with Gasteiger partial charge in [0, 0.05) is 25.2 Å². The molecule has 2 aliphatic rings. The molecule has 1 atom stereocenters. The maximum atomic E-state index is 12.9. The monoisotopic (exact) mass is 396 g/mol. The van der Waals surface area contributed by atoms with E-state index in [1.807, 2.05) is 4.90 Å². The van der Waals surface area contributed by atoms with Gasteiger partial charge in [-0.1, -0.05) is 23.4 Å². The number of carbonyl (C=O) groups is 3. The maximum Gasteiger partial charge on any atom is 0.322 e. The fourth-order valence-electron chi connectivity index (χ4n) is 3.46. The molecule has 2 heterocycles. The Morgan fingerprint density at radius 2 is 2.03 bits per heavy atom. The highest BCUT2D eigenvalue weighted by molar-refractivity contribution is 6.04. The lowest BCUT2D eigenvalue weighted by atomic mass is 10.1. The number of hydrogen-bond acceptors (Lipinski definition) is 5. The number of imide groups is 1. The number of aromatic nitrogens is 3. The van der Waals surface area contributed by atoms with E-state index >= 15 is 0 Å². The summed E-state index contributed by atoms with van der Waals surface area (Å²) in [5.74, 6) is -0.386. The standard InChI is InChI=1S/C20H24N6O3/c1-12-3-4-14(7-13(12)2)9-26(16-5-6-16)18(27)11-25-10-15(23-24-25)8-17-19(28)22-20(29)21-17/h3-4,7,10,16-17H,5-6,8-9,11H2,1-2H3,(H2,21,22,28,29). The molecule has 1 saturated carbocycles. The number of amides is 4. The first-order chi connectivity index (χ1) is 13.9. The Bertz CT molecular complexity index is 965. The molecule has 2 aromatic rings. The molecule has 1 saturated heterocycles. The van der Waals surface area contributed by atoms with Crippen molar-refractivity contribution in [3.63, 3.8) is 0 Å². The van der Waals surface area contributed by atoms with Crippen LogP contribution in [-0.2, 0) is 29.1 Å². The lowest BCUT2D eigenvalue weighted by Crippen LogP contribution is -2.35. The Labute approximate surface area is 168 Å². The van der Waals surface area contributed by atoms with Gasteiger partial charge in [0.15, 0.2) is 0 Å². The summed E-state index contributed by atoms with van der Waals surface area (Å²) in [6.45, 7) is 4.83. The largest absolute Gasteiger partial charge is 0.334 e. The van der Waals surface area contributed by atoms with Crippen LogP contribution in [0.3, 0.4) is 0 Å². The highest BCUT2D eigenvalue weighted by Gasteiger charge is 2.33. The van der Waals surface area contributed by atoms with E-state index in [-0.39, 0.29) is 30.8 Å². The smallest absolute Gasteiger partial charge is 0.322 e. The van der Waals surface area contributed by atoms with E-state index in [0.29, 0.717) is 12.2 Å². The molecule has 2 N–H and O–H groups in total. The van der Waals surface area contributed by atoms with Gasteiger partial charge in [-0.2, -0.15) is 0 Å². The first-order valence-electron chi connectivity index (χ1n) is 9.75. The predicted molar refractivity (Wildman–Crippen MR) is 104 cm³/mol. The zero-order chi connectivity index (χ0) is 20.5. The van der Waals surface area contributed by atoms with Crippen molar-refractivity contribution in [2.75, 3.05) is 0 Å². The topological polar surface area (TPSA) is 109 Å². The average Bonchev–Trinajstić information content (AvgIpc) is 3.34. The van der Waals surface area contributed by atoms with Crippen molar-refractivity contribution in [3.8, 4) is 0 Å². The molecule has 4 rings (SSSR count). The molecule has 1 aliphatic carbocycles. The van der Waals surface area contributed by atoms with E-state index < -0.39 is 12.1 Å². The van der Waals surface area contributed by atoms with E-state index in [9.17, 15) is 14.4 Å². The highest BCUT2D eigenvalue weighted by Crippen LogP contribution is 2.29. The lowest BCUT2D eigenvalue weighted by molar-refractivity contribution is -0.133. The van der Waals surface area contributed by atoms with Gasteiger partial charge in [0.25, 0.3) is 5.91 Å². The van der Waals surface area contributed by atoms with Crippen molar-refractivity contribution in [2.24, 2.45) is 0 Å². The molecule has 1 aromatic heterocycles. The van der Waals surface area contributed by atoms with Crippen molar-refractivity contribution < 1.29 is 14.4 Å². The van der Waals surface area contributed by atoms with Crippen LogP contribution in [0.2, 0.25) is 0 Å². The Balaban J connectivity index is 1.39. The number of nitrogens with one attached hydrogen (secondary N) is 2. The van der Waals surface area contributed by atoms with Crippen LogP contribution in [0, 0.1) is 13.8 Å². The van der Waals surface area contributed by atoms with E-state index in [0.717, 1.165) is 18.4 Å². The van der Waals surface area contributed by atoms with Gasteiger partial charge >= 0.3 is 6.03 Å². The molecule has 2 fully saturated rings. The van der Waals surface area contributed by atoms with Gasteiger partial charge in [-0.05, 0) is 43.4 Å². The van der Waals surface area contributed by atoms with E-state index in [2.05, 4.69) is 53.0 Å². The minimum absolute atomic E-state index is 0.00547. The van der Waals surface area contributed by atoms with Crippen molar-refractivity contribution >= 4 is 17.8 Å². The van der Waals surface area contributed by atoms with Crippen molar-refractivity contribution in [2.45, 2.75) is 58.3 Å². The molecule has 0 spiro atoms. The van der Waals surface area contributed by atoms with Crippen molar-refractivity contribution in [1.29, 1.82) is 0 Å². The highest BCUT2D eigenvalue weighted by atomic mass is 16.2. The molecule has 29 heavy (non-hydrogen) atoms. The second kappa shape index (κ2) is 7.65. The minimum atomic E-state index is -0.656. The van der Waals surface area contributed by atoms with Crippen LogP contribution in [0.4, 0.5) is 4.79 Å². The Morgan fingerprint density at radius 3 is 2.69 bits per heavy atom. The van der Waals surface area contributed by atoms with Crippen molar-refractivity contribution in [1.82, 2.24) is 30.5 Å². The molecular formula is C20H24N6O3. The number of rotatable bonds is 7. The third-order valence-corrected chi connectivity index (χ3v) is 5.39. The van der Waals surface area contributed by atoms with E-state index in [1.54, 1.807) is 6.20 Å². The summed E-state index contributed by atoms with van der Waals surface area (Å²) >= 11 is 0. The average molecular weight is 396 g/mol. The molecule has 0 radical (unpaired) electrons. The van der Waals surface area contributed by atoms with Gasteiger partial charge in [0.2, 0.25) is 5.91 Å². The summed E-state index contributed by atoms with van der Waals surface area (Å²) in [5, 5.41) is 12.8. The fraction of sp³-hybridized carbons (Fsp3) is 0.450. The molecular weight excluding hydrogens is 372 g/mol. The Hall–Kier alpha value is -3.23. The zero-order valence-electron chi connectivity index (χ0n) is 16.5. The van der Waals surface area contributed by atoms with Crippen LogP contribution in [0.15, 0.2) is 24.4 Å². The van der Waals surface area contributed by atoms with E-state index in [1.165, 1.54) is 15.8 Å². The third-order valence-electron chi connectivity index (χ3n) is 5.39. The third kappa shape index (κ3) is 4.44. The molecule has 152 valence electrons. The Morgan fingerprint density at radius 1 is 1.24 bits per heavy atom. The second-order valence-corrected chi connectivity index (χ2v) is 7.80. The van der Waals surface area contributed by atoms with Gasteiger partial charge < -0.3 is 10.2 Å². The first kappa shape index (κ1) is 19.1. The van der Waals surface area contributed by atoms with Gasteiger partial charge in [-0.3, -0.25) is 14.9 Å². The number of benzene rings is 1. The predicted octanol–water partition coefficient (Wildman–Crippen LogP) is 0.837. The van der Waals surface area contributed by atoms with Crippen molar-refractivity contribution in [3.05, 3.63) is 46.8 Å². The molecule has 1 aliphatic heterocycles. The zero-order valence-corrected chi connectivity index (χ0v) is 16.5. The summed E-state index contributed by atoms with van der Waals surface area (Å²) < 4.78 is 1.49. The first-order valence-corrected chi connectivity index (χ1v) is 9.75. The van der Waals surface area contributed by atoms with Gasteiger partial charge in [-0.25, -0.2) is 9.48 Å². The number of nitrogens with zero attached hydrogens (tertiary/aromatic N) is 4. The lowest BCUT2D eigenvalue weighted by Gasteiger charge is -2.23. The summed E-state index contributed by atoms with van der Waals surface area (Å²) in [5.41, 5.74) is 4.12. The van der Waals surface area contributed by atoms with Crippen LogP contribution in [-0.4, -0.2) is 49.8 Å². The number of carbonyl (C=O) groups excluding carboxylic acids is 3. The summed E-state index contributed by atoms with van der Waals surface area (Å²) in [6.07, 6.45) is 3.93. The van der Waals surface area contributed by atoms with Crippen LogP contribution < -0.4 is 10.6 Å². The molecule has 1 aromatic carbocycles. The van der Waals surface area contributed by atoms with Crippen LogP contribution in [0.25, 0.3) is 0 Å². The van der Waals surface area contributed by atoms with Crippen LogP contribution in [0.5, 0.6) is 0 Å². The molecule has 1 unspecified atom stereocenters. The van der Waals surface area contributed by atoms with Gasteiger partial charge in [-0.15, -0.1) is 5.10 Å². The number of aryl methyl sites for hydroxylation is 2. The molecule has 9 heteroatoms. The maximum absolute atomic E-state index is 12.9. The normalized spacial score (nSPS) is 18.5. The minimum Gasteiger partial charge on any atom is -0.334 e. The second-order valence-electron chi connectivity index (χ2n) is 7.80. The summed E-state index contributed by atoms with van der Waals surface area (Å²) in [6, 6.07) is 5.41. The fourth-order valence-corrected chi connectivity index (χ4v) is 3.46. The van der Waals surface area contributed by atoms with Gasteiger partial charge in [0.05, 0.1) is 5.69 Å². The molecule has 4 amide bonds. The van der Waals surface area contributed by atoms with Crippen LogP contribution >= 0.6 is 0 Å². The number of hydrogen-bond donors (Lipinski definition) is 2. The van der Waals surface area contributed by atoms with Crippen LogP contribution in [0.1, 0.15) is 35.2 Å². The van der Waals surface area contributed by atoms with E-state index in [4.69, 9.17) is 0 Å². The molecule has 0 bridgehead atoms. The quantitative estimate of drug-likeness (QED) is 0.674. The summed E-state index contributed by atoms with van der Waals surface area (Å²) in [4.78, 5) is 37.7. The summed E-state index contributed by atoms with van der Waals surface area (Å²) in [7, 11) is 0. The molecule has 9 nitrogen and oxygen atoms in total.